The molecule has 0 aromatic heterocycles. The average molecular weight is 348 g/mol. The highest BCUT2D eigenvalue weighted by molar-refractivity contribution is 7.99. The van der Waals surface area contributed by atoms with Crippen molar-refractivity contribution in [3.63, 3.8) is 0 Å². The van der Waals surface area contributed by atoms with E-state index in [9.17, 15) is 4.79 Å². The molecule has 0 radical (unpaired) electrons. The Hall–Kier alpha value is -0.620. The van der Waals surface area contributed by atoms with Gasteiger partial charge in [0.05, 0.1) is 10.0 Å². The van der Waals surface area contributed by atoms with E-state index in [1.54, 1.807) is 30.0 Å². The van der Waals surface area contributed by atoms with Crippen LogP contribution in [0.4, 0.5) is 10.5 Å². The molecule has 0 unspecified atom stereocenters. The molecule has 1 aliphatic heterocycles. The molecule has 116 valence electrons. The monoisotopic (exact) mass is 347 g/mol. The maximum absolute atomic E-state index is 12.4. The van der Waals surface area contributed by atoms with Crippen molar-refractivity contribution in [3.8, 4) is 0 Å². The van der Waals surface area contributed by atoms with Crippen molar-refractivity contribution in [2.45, 2.75) is 11.3 Å². The molecule has 1 aliphatic rings. The van der Waals surface area contributed by atoms with Gasteiger partial charge in [-0.05, 0) is 38.6 Å². The van der Waals surface area contributed by atoms with Gasteiger partial charge in [-0.15, -0.1) is 0 Å². The zero-order valence-corrected chi connectivity index (χ0v) is 14.6. The Kier molecular flexibility index (Phi) is 5.66. The minimum Gasteiger partial charge on any atom is -0.322 e. The Balaban J connectivity index is 2.02. The number of thioether (sulfide) groups is 1. The highest BCUT2D eigenvalue weighted by Gasteiger charge is 2.35. The molecule has 1 fully saturated rings. The van der Waals surface area contributed by atoms with Gasteiger partial charge >= 0.3 is 6.03 Å². The van der Waals surface area contributed by atoms with Gasteiger partial charge < -0.3 is 15.1 Å². The molecule has 1 saturated heterocycles. The van der Waals surface area contributed by atoms with E-state index in [-0.39, 0.29) is 6.03 Å². The number of carbonyl (C=O) groups excluding carboxylic acids is 1. The van der Waals surface area contributed by atoms with Crippen LogP contribution in [0.1, 0.15) is 0 Å². The number of amides is 2. The van der Waals surface area contributed by atoms with Gasteiger partial charge in [0.2, 0.25) is 0 Å². The summed E-state index contributed by atoms with van der Waals surface area (Å²) >= 11 is 13.6. The molecule has 2 rings (SSSR count). The number of urea groups is 1. The SMILES string of the molecule is CS[C@H]1CN(C(=O)Nc2ccc(Cl)c(Cl)c2)C[C@H]1N(C)C. The highest BCUT2D eigenvalue weighted by atomic mass is 35.5. The smallest absolute Gasteiger partial charge is 0.321 e. The summed E-state index contributed by atoms with van der Waals surface area (Å²) in [5.74, 6) is 0. The van der Waals surface area contributed by atoms with Gasteiger partial charge in [-0.3, -0.25) is 0 Å². The number of likely N-dealkylation sites (tertiary alicyclic amines) is 1. The molecule has 2 amide bonds. The maximum Gasteiger partial charge on any atom is 0.321 e. The Labute approximate surface area is 139 Å². The zero-order valence-electron chi connectivity index (χ0n) is 12.3. The molecule has 0 spiro atoms. The lowest BCUT2D eigenvalue weighted by Gasteiger charge is -2.23. The lowest BCUT2D eigenvalue weighted by atomic mass is 10.2. The molecule has 7 heteroatoms. The van der Waals surface area contributed by atoms with Crippen molar-refractivity contribution in [1.29, 1.82) is 0 Å². The Morgan fingerprint density at radius 1 is 1.33 bits per heavy atom. The summed E-state index contributed by atoms with van der Waals surface area (Å²) in [6.45, 7) is 1.48. The van der Waals surface area contributed by atoms with Crippen LogP contribution in [0, 0.1) is 0 Å². The van der Waals surface area contributed by atoms with Crippen LogP contribution in [0.15, 0.2) is 18.2 Å². The van der Waals surface area contributed by atoms with Gasteiger partial charge in [0, 0.05) is 30.1 Å². The highest BCUT2D eigenvalue weighted by Crippen LogP contribution is 2.27. The Morgan fingerprint density at radius 3 is 2.57 bits per heavy atom. The quantitative estimate of drug-likeness (QED) is 0.908. The van der Waals surface area contributed by atoms with Gasteiger partial charge in [0.25, 0.3) is 0 Å². The van der Waals surface area contributed by atoms with Crippen molar-refractivity contribution < 1.29 is 4.79 Å². The Bertz CT molecular complexity index is 527. The van der Waals surface area contributed by atoms with Crippen LogP contribution < -0.4 is 5.32 Å². The summed E-state index contributed by atoms with van der Waals surface area (Å²) < 4.78 is 0. The van der Waals surface area contributed by atoms with Crippen molar-refractivity contribution >= 4 is 46.7 Å². The van der Waals surface area contributed by atoms with Gasteiger partial charge in [-0.1, -0.05) is 23.2 Å². The van der Waals surface area contributed by atoms with Crippen LogP contribution in [-0.4, -0.2) is 60.6 Å². The average Bonchev–Trinajstić information content (AvgIpc) is 2.87. The second-order valence-corrected chi connectivity index (χ2v) is 7.16. The van der Waals surface area contributed by atoms with Gasteiger partial charge in [-0.2, -0.15) is 11.8 Å². The molecule has 4 nitrogen and oxygen atoms in total. The molecule has 1 aromatic rings. The van der Waals surface area contributed by atoms with E-state index in [4.69, 9.17) is 23.2 Å². The topological polar surface area (TPSA) is 35.6 Å². The summed E-state index contributed by atoms with van der Waals surface area (Å²) in [4.78, 5) is 16.4. The van der Waals surface area contributed by atoms with Gasteiger partial charge in [-0.25, -0.2) is 4.79 Å². The summed E-state index contributed by atoms with van der Waals surface area (Å²) in [5, 5.41) is 4.21. The number of rotatable bonds is 3. The lowest BCUT2D eigenvalue weighted by Crippen LogP contribution is -2.38. The summed E-state index contributed by atoms with van der Waals surface area (Å²) in [5.41, 5.74) is 0.656. The van der Waals surface area contributed by atoms with Crippen LogP contribution in [0.25, 0.3) is 0 Å². The molecule has 1 heterocycles. The molecule has 1 aromatic carbocycles. The molecular formula is C14H19Cl2N3OS. The molecule has 0 bridgehead atoms. The fourth-order valence-corrected chi connectivity index (χ4v) is 3.70. The van der Waals surface area contributed by atoms with E-state index >= 15 is 0 Å². The number of carbonyl (C=O) groups is 1. The summed E-state index contributed by atoms with van der Waals surface area (Å²) in [6, 6.07) is 5.36. The number of nitrogens with zero attached hydrogens (tertiary/aromatic N) is 2. The van der Waals surface area contributed by atoms with Gasteiger partial charge in [0.15, 0.2) is 0 Å². The first-order valence-electron chi connectivity index (χ1n) is 6.62. The molecule has 2 atom stereocenters. The molecule has 0 saturated carbocycles. The molecule has 0 aliphatic carbocycles. The van der Waals surface area contributed by atoms with E-state index < -0.39 is 0 Å². The standard InChI is InChI=1S/C14H19Cl2N3OS/c1-18(2)12-7-19(8-13(12)21-3)14(20)17-9-4-5-10(15)11(16)6-9/h4-6,12-13H,7-8H2,1-3H3,(H,17,20)/t12-,13+/m1/s1. The first kappa shape index (κ1) is 16.7. The van der Waals surface area contributed by atoms with E-state index in [2.05, 4.69) is 16.5 Å². The summed E-state index contributed by atoms with van der Waals surface area (Å²) in [6.07, 6.45) is 2.08. The number of benzene rings is 1. The third kappa shape index (κ3) is 3.97. The lowest BCUT2D eigenvalue weighted by molar-refractivity contribution is 0.216. The number of nitrogens with one attached hydrogen (secondary N) is 1. The number of anilines is 1. The van der Waals surface area contributed by atoms with Gasteiger partial charge in [0.1, 0.15) is 0 Å². The first-order chi connectivity index (χ1) is 9.92. The predicted octanol–water partition coefficient (Wildman–Crippen LogP) is 3.50. The zero-order chi connectivity index (χ0) is 15.6. The number of likely N-dealkylation sites (N-methyl/N-ethyl adjacent to an activating group) is 1. The van der Waals surface area contributed by atoms with E-state index in [0.29, 0.717) is 27.0 Å². The predicted molar refractivity (Wildman–Crippen MR) is 91.8 cm³/mol. The normalized spacial score (nSPS) is 21.9. The first-order valence-corrected chi connectivity index (χ1v) is 8.67. The van der Waals surface area contributed by atoms with Crippen molar-refractivity contribution in [2.75, 3.05) is 38.8 Å². The van der Waals surface area contributed by atoms with Crippen molar-refractivity contribution in [3.05, 3.63) is 28.2 Å². The third-order valence-corrected chi connectivity index (χ3v) is 5.47. The van der Waals surface area contributed by atoms with Crippen LogP contribution in [0.3, 0.4) is 0 Å². The van der Waals surface area contributed by atoms with E-state index in [1.807, 2.05) is 19.0 Å². The fraction of sp³-hybridized carbons (Fsp3) is 0.500. The molecular weight excluding hydrogens is 329 g/mol. The molecule has 1 N–H and O–H groups in total. The van der Waals surface area contributed by atoms with Crippen LogP contribution >= 0.6 is 35.0 Å². The van der Waals surface area contributed by atoms with Crippen molar-refractivity contribution in [1.82, 2.24) is 9.80 Å². The second-order valence-electron chi connectivity index (χ2n) is 5.27. The number of hydrogen-bond acceptors (Lipinski definition) is 3. The van der Waals surface area contributed by atoms with E-state index in [0.717, 1.165) is 13.1 Å². The fourth-order valence-electron chi connectivity index (χ4n) is 2.43. The largest absolute Gasteiger partial charge is 0.322 e. The summed E-state index contributed by atoms with van der Waals surface area (Å²) in [7, 11) is 4.10. The number of halogens is 2. The second kappa shape index (κ2) is 7.09. The van der Waals surface area contributed by atoms with Crippen LogP contribution in [0.2, 0.25) is 10.0 Å². The maximum atomic E-state index is 12.4. The number of hydrogen-bond donors (Lipinski definition) is 1. The molecule has 21 heavy (non-hydrogen) atoms. The van der Waals surface area contributed by atoms with E-state index in [1.165, 1.54) is 0 Å². The van der Waals surface area contributed by atoms with Crippen molar-refractivity contribution in [2.24, 2.45) is 0 Å². The minimum atomic E-state index is -0.100. The van der Waals surface area contributed by atoms with Crippen LogP contribution in [0.5, 0.6) is 0 Å². The minimum absolute atomic E-state index is 0.100. The Morgan fingerprint density at radius 2 is 2.05 bits per heavy atom. The van der Waals surface area contributed by atoms with Crippen LogP contribution in [-0.2, 0) is 0 Å². The third-order valence-electron chi connectivity index (χ3n) is 3.66.